The number of hydrogen-bond acceptors (Lipinski definition) is 5. The molecule has 2 aromatic rings. The average molecular weight is 308 g/mol. The molecule has 21 heavy (non-hydrogen) atoms. The fourth-order valence-corrected chi connectivity index (χ4v) is 1.74. The lowest BCUT2D eigenvalue weighted by molar-refractivity contribution is 0.102. The molecule has 0 atom stereocenters. The highest BCUT2D eigenvalue weighted by Gasteiger charge is 2.11. The summed E-state index contributed by atoms with van der Waals surface area (Å²) in [6.07, 6.45) is 2.62. The number of anilines is 1. The highest BCUT2D eigenvalue weighted by Crippen LogP contribution is 2.30. The molecule has 110 valence electrons. The van der Waals surface area contributed by atoms with E-state index in [1.807, 2.05) is 6.92 Å². The normalized spacial score (nSPS) is 10.0. The number of carbonyl (C=O) groups is 1. The third-order valence-electron chi connectivity index (χ3n) is 2.57. The van der Waals surface area contributed by atoms with Gasteiger partial charge in [-0.1, -0.05) is 11.6 Å². The number of rotatable bonds is 5. The fraction of sp³-hybridized carbons (Fsp3) is 0.214. The lowest BCUT2D eigenvalue weighted by Crippen LogP contribution is -2.14. The minimum absolute atomic E-state index is 0.173. The number of halogens is 1. The van der Waals surface area contributed by atoms with E-state index < -0.39 is 0 Å². The van der Waals surface area contributed by atoms with E-state index in [-0.39, 0.29) is 16.8 Å². The number of carbonyl (C=O) groups excluding carboxylic acids is 1. The van der Waals surface area contributed by atoms with Gasteiger partial charge in [-0.15, -0.1) is 0 Å². The molecule has 2 rings (SSSR count). The van der Waals surface area contributed by atoms with Crippen molar-refractivity contribution in [1.82, 2.24) is 9.97 Å². The van der Waals surface area contributed by atoms with Gasteiger partial charge in [0.25, 0.3) is 5.91 Å². The second-order valence-corrected chi connectivity index (χ2v) is 4.36. The summed E-state index contributed by atoms with van der Waals surface area (Å²) in [7, 11) is 1.54. The Labute approximate surface area is 127 Å². The minimum Gasteiger partial charge on any atom is -0.493 e. The average Bonchev–Trinajstić information content (AvgIpc) is 2.49. The van der Waals surface area contributed by atoms with Crippen LogP contribution in [-0.4, -0.2) is 29.6 Å². The Morgan fingerprint density at radius 3 is 2.71 bits per heavy atom. The number of nitrogens with one attached hydrogen (secondary N) is 1. The van der Waals surface area contributed by atoms with Gasteiger partial charge in [0, 0.05) is 11.8 Å². The molecule has 6 nitrogen and oxygen atoms in total. The second kappa shape index (κ2) is 6.90. The van der Waals surface area contributed by atoms with Crippen LogP contribution in [-0.2, 0) is 0 Å². The van der Waals surface area contributed by atoms with Crippen molar-refractivity contribution in [1.29, 1.82) is 0 Å². The van der Waals surface area contributed by atoms with E-state index in [1.165, 1.54) is 19.5 Å². The van der Waals surface area contributed by atoms with Gasteiger partial charge in [-0.3, -0.25) is 4.79 Å². The fourth-order valence-electron chi connectivity index (χ4n) is 1.64. The van der Waals surface area contributed by atoms with Gasteiger partial charge in [0.15, 0.2) is 11.5 Å². The molecule has 0 saturated carbocycles. The minimum atomic E-state index is -0.384. The molecule has 0 unspecified atom stereocenters. The van der Waals surface area contributed by atoms with Gasteiger partial charge < -0.3 is 14.8 Å². The van der Waals surface area contributed by atoms with Gasteiger partial charge in [-0.25, -0.2) is 9.97 Å². The summed E-state index contributed by atoms with van der Waals surface area (Å²) in [5.41, 5.74) is 0.740. The van der Waals surface area contributed by atoms with Crippen LogP contribution in [0.1, 0.15) is 17.4 Å². The summed E-state index contributed by atoms with van der Waals surface area (Å²) in [6.45, 7) is 2.41. The molecule has 1 aromatic carbocycles. The number of hydrogen-bond donors (Lipinski definition) is 1. The predicted octanol–water partition coefficient (Wildman–Crippen LogP) is 2.79. The first-order chi connectivity index (χ1) is 10.1. The molecule has 1 amide bonds. The summed E-state index contributed by atoms with van der Waals surface area (Å²) in [6, 6.07) is 5.12. The predicted molar refractivity (Wildman–Crippen MR) is 79.2 cm³/mol. The van der Waals surface area contributed by atoms with E-state index >= 15 is 0 Å². The first kappa shape index (κ1) is 15.1. The van der Waals surface area contributed by atoms with Crippen LogP contribution in [0.25, 0.3) is 0 Å². The monoisotopic (exact) mass is 307 g/mol. The standard InChI is InChI=1S/C14H14ClN3O3/c1-3-21-11-5-4-9(6-12(11)20-2)18-14(19)10-7-17-13(15)8-16-10/h4-8H,3H2,1-2H3,(H,18,19). The van der Waals surface area contributed by atoms with E-state index in [4.69, 9.17) is 21.1 Å². The first-order valence-electron chi connectivity index (χ1n) is 6.23. The van der Waals surface area contributed by atoms with Crippen LogP contribution in [0.5, 0.6) is 11.5 Å². The molecule has 1 N–H and O–H groups in total. The van der Waals surface area contributed by atoms with Gasteiger partial charge in [0.2, 0.25) is 0 Å². The summed E-state index contributed by atoms with van der Waals surface area (Å²) in [5, 5.41) is 2.93. The highest BCUT2D eigenvalue weighted by molar-refractivity contribution is 6.29. The van der Waals surface area contributed by atoms with Gasteiger partial charge >= 0.3 is 0 Å². The van der Waals surface area contributed by atoms with Crippen LogP contribution in [0.15, 0.2) is 30.6 Å². The van der Waals surface area contributed by atoms with Gasteiger partial charge in [0.1, 0.15) is 10.8 Å². The smallest absolute Gasteiger partial charge is 0.275 e. The van der Waals surface area contributed by atoms with Crippen molar-refractivity contribution in [3.63, 3.8) is 0 Å². The third kappa shape index (κ3) is 3.82. The van der Waals surface area contributed by atoms with E-state index in [2.05, 4.69) is 15.3 Å². The Hall–Kier alpha value is -2.34. The maximum absolute atomic E-state index is 12.0. The van der Waals surface area contributed by atoms with Crippen LogP contribution in [0.4, 0.5) is 5.69 Å². The molecule has 0 fully saturated rings. The Morgan fingerprint density at radius 2 is 2.10 bits per heavy atom. The maximum atomic E-state index is 12.0. The quantitative estimate of drug-likeness (QED) is 0.919. The van der Waals surface area contributed by atoms with Crippen LogP contribution in [0.2, 0.25) is 5.15 Å². The van der Waals surface area contributed by atoms with Crippen molar-refractivity contribution >= 4 is 23.2 Å². The number of amides is 1. The molecule has 0 aliphatic heterocycles. The van der Waals surface area contributed by atoms with Crippen molar-refractivity contribution in [2.45, 2.75) is 6.92 Å². The van der Waals surface area contributed by atoms with Gasteiger partial charge in [-0.2, -0.15) is 0 Å². The molecule has 0 aliphatic rings. The zero-order chi connectivity index (χ0) is 15.2. The summed E-state index contributed by atoms with van der Waals surface area (Å²) >= 11 is 5.63. The summed E-state index contributed by atoms with van der Waals surface area (Å²) < 4.78 is 10.6. The Balaban J connectivity index is 2.15. The van der Waals surface area contributed by atoms with Crippen molar-refractivity contribution in [2.24, 2.45) is 0 Å². The maximum Gasteiger partial charge on any atom is 0.275 e. The third-order valence-corrected chi connectivity index (χ3v) is 2.77. The van der Waals surface area contributed by atoms with Crippen LogP contribution >= 0.6 is 11.6 Å². The van der Waals surface area contributed by atoms with E-state index in [0.29, 0.717) is 23.8 Å². The Bertz CT molecular complexity index is 632. The zero-order valence-corrected chi connectivity index (χ0v) is 12.3. The van der Waals surface area contributed by atoms with Crippen molar-refractivity contribution in [3.8, 4) is 11.5 Å². The summed E-state index contributed by atoms with van der Waals surface area (Å²) in [5.74, 6) is 0.770. The van der Waals surface area contributed by atoms with E-state index in [0.717, 1.165) is 0 Å². The number of aromatic nitrogens is 2. The van der Waals surface area contributed by atoms with Crippen LogP contribution < -0.4 is 14.8 Å². The number of ether oxygens (including phenoxy) is 2. The molecule has 0 aliphatic carbocycles. The zero-order valence-electron chi connectivity index (χ0n) is 11.6. The molecule has 0 radical (unpaired) electrons. The first-order valence-corrected chi connectivity index (χ1v) is 6.61. The molecule has 0 spiro atoms. The van der Waals surface area contributed by atoms with E-state index in [1.54, 1.807) is 18.2 Å². The molecule has 1 aromatic heterocycles. The summed E-state index contributed by atoms with van der Waals surface area (Å²) in [4.78, 5) is 19.7. The lowest BCUT2D eigenvalue weighted by Gasteiger charge is -2.11. The van der Waals surface area contributed by atoms with Crippen LogP contribution in [0, 0.1) is 0 Å². The number of nitrogens with zero attached hydrogens (tertiary/aromatic N) is 2. The molecule has 0 bridgehead atoms. The lowest BCUT2D eigenvalue weighted by atomic mass is 10.2. The van der Waals surface area contributed by atoms with Gasteiger partial charge in [0.05, 0.1) is 26.1 Å². The molecule has 7 heteroatoms. The molecule has 0 saturated heterocycles. The Kier molecular flexibility index (Phi) is 4.94. The van der Waals surface area contributed by atoms with Crippen molar-refractivity contribution in [3.05, 3.63) is 41.4 Å². The van der Waals surface area contributed by atoms with Gasteiger partial charge in [-0.05, 0) is 19.1 Å². The molecular formula is C14H14ClN3O3. The largest absolute Gasteiger partial charge is 0.493 e. The topological polar surface area (TPSA) is 73.3 Å². The van der Waals surface area contributed by atoms with E-state index in [9.17, 15) is 4.79 Å². The van der Waals surface area contributed by atoms with Crippen molar-refractivity contribution < 1.29 is 14.3 Å². The Morgan fingerprint density at radius 1 is 1.29 bits per heavy atom. The highest BCUT2D eigenvalue weighted by atomic mass is 35.5. The molecular weight excluding hydrogens is 294 g/mol. The molecule has 1 heterocycles. The van der Waals surface area contributed by atoms with Crippen molar-refractivity contribution in [2.75, 3.05) is 19.0 Å². The van der Waals surface area contributed by atoms with Crippen LogP contribution in [0.3, 0.4) is 0 Å². The second-order valence-electron chi connectivity index (χ2n) is 3.98. The number of methoxy groups -OCH3 is 1. The number of benzene rings is 1. The SMILES string of the molecule is CCOc1ccc(NC(=O)c2cnc(Cl)cn2)cc1OC.